The highest BCUT2D eigenvalue weighted by atomic mass is 32.1. The standard InChI is InChI=1S/C13H18N4S/c1-17(10-12-6-3-2-4-7-12)9-5-8-14-13-15-11-16-18-13/h2-4,6-7,11H,5,8-10H2,1H3,(H,14,15,16). The van der Waals surface area contributed by atoms with Crippen molar-refractivity contribution in [2.45, 2.75) is 13.0 Å². The normalized spacial score (nSPS) is 10.8. The quantitative estimate of drug-likeness (QED) is 0.778. The second kappa shape index (κ2) is 7.08. The topological polar surface area (TPSA) is 41.0 Å². The van der Waals surface area contributed by atoms with Gasteiger partial charge < -0.3 is 10.2 Å². The van der Waals surface area contributed by atoms with Crippen LogP contribution in [0, 0.1) is 0 Å². The lowest BCUT2D eigenvalue weighted by Gasteiger charge is -2.16. The van der Waals surface area contributed by atoms with Gasteiger partial charge in [-0.15, -0.1) is 0 Å². The molecule has 0 saturated carbocycles. The number of hydrogen-bond acceptors (Lipinski definition) is 5. The highest BCUT2D eigenvalue weighted by Crippen LogP contribution is 2.06. The lowest BCUT2D eigenvalue weighted by atomic mass is 10.2. The molecule has 0 aliphatic rings. The van der Waals surface area contributed by atoms with Gasteiger partial charge in [0.2, 0.25) is 5.13 Å². The Morgan fingerprint density at radius 1 is 1.28 bits per heavy atom. The largest absolute Gasteiger partial charge is 0.360 e. The molecule has 0 fully saturated rings. The first-order valence-electron chi connectivity index (χ1n) is 6.07. The maximum atomic E-state index is 4.08. The van der Waals surface area contributed by atoms with Gasteiger partial charge in [-0.1, -0.05) is 30.3 Å². The summed E-state index contributed by atoms with van der Waals surface area (Å²) in [6, 6.07) is 10.5. The third kappa shape index (κ3) is 4.43. The van der Waals surface area contributed by atoms with E-state index in [-0.39, 0.29) is 0 Å². The Bertz CT molecular complexity index is 430. The molecule has 1 aromatic heterocycles. The number of nitrogens with one attached hydrogen (secondary N) is 1. The van der Waals surface area contributed by atoms with Gasteiger partial charge in [0.25, 0.3) is 0 Å². The second-order valence-electron chi connectivity index (χ2n) is 4.25. The molecule has 1 aromatic carbocycles. The molecule has 2 rings (SSSR count). The summed E-state index contributed by atoms with van der Waals surface area (Å²) >= 11 is 1.40. The van der Waals surface area contributed by atoms with Gasteiger partial charge in [0.05, 0.1) is 0 Å². The van der Waals surface area contributed by atoms with Gasteiger partial charge >= 0.3 is 0 Å². The molecule has 0 unspecified atom stereocenters. The third-order valence-electron chi connectivity index (χ3n) is 2.65. The summed E-state index contributed by atoms with van der Waals surface area (Å²) in [4.78, 5) is 6.41. The molecule has 0 aliphatic heterocycles. The maximum absolute atomic E-state index is 4.08. The Labute approximate surface area is 112 Å². The van der Waals surface area contributed by atoms with E-state index in [1.165, 1.54) is 17.1 Å². The highest BCUT2D eigenvalue weighted by molar-refractivity contribution is 7.09. The first-order valence-corrected chi connectivity index (χ1v) is 6.85. The van der Waals surface area contributed by atoms with Crippen LogP contribution in [0.15, 0.2) is 36.7 Å². The molecule has 5 heteroatoms. The first-order chi connectivity index (χ1) is 8.84. The van der Waals surface area contributed by atoms with Gasteiger partial charge in [0.1, 0.15) is 6.33 Å². The van der Waals surface area contributed by atoms with Crippen molar-refractivity contribution in [1.82, 2.24) is 14.3 Å². The van der Waals surface area contributed by atoms with Gasteiger partial charge in [0, 0.05) is 24.6 Å². The molecular formula is C13H18N4S. The monoisotopic (exact) mass is 262 g/mol. The third-order valence-corrected chi connectivity index (χ3v) is 3.27. The van der Waals surface area contributed by atoms with Gasteiger partial charge in [-0.3, -0.25) is 0 Å². The predicted octanol–water partition coefficient (Wildman–Crippen LogP) is 2.47. The first kappa shape index (κ1) is 13.0. The van der Waals surface area contributed by atoms with Crippen molar-refractivity contribution in [3.8, 4) is 0 Å². The van der Waals surface area contributed by atoms with E-state index >= 15 is 0 Å². The van der Waals surface area contributed by atoms with Crippen molar-refractivity contribution in [3.05, 3.63) is 42.2 Å². The van der Waals surface area contributed by atoms with Crippen LogP contribution in [0.5, 0.6) is 0 Å². The maximum Gasteiger partial charge on any atom is 0.202 e. The number of anilines is 1. The van der Waals surface area contributed by atoms with E-state index in [9.17, 15) is 0 Å². The Hall–Kier alpha value is -1.46. The number of benzene rings is 1. The van der Waals surface area contributed by atoms with Crippen LogP contribution in [0.1, 0.15) is 12.0 Å². The van der Waals surface area contributed by atoms with Gasteiger partial charge in [-0.05, 0) is 25.6 Å². The molecule has 0 radical (unpaired) electrons. The van der Waals surface area contributed by atoms with E-state index < -0.39 is 0 Å². The van der Waals surface area contributed by atoms with Crippen molar-refractivity contribution < 1.29 is 0 Å². The minimum absolute atomic E-state index is 0.903. The molecule has 0 bridgehead atoms. The number of nitrogens with zero attached hydrogens (tertiary/aromatic N) is 3. The summed E-state index contributed by atoms with van der Waals surface area (Å²) < 4.78 is 3.95. The number of aromatic nitrogens is 2. The Kier molecular flexibility index (Phi) is 5.11. The van der Waals surface area contributed by atoms with Gasteiger partial charge in [0.15, 0.2) is 0 Å². The fraction of sp³-hybridized carbons (Fsp3) is 0.385. The van der Waals surface area contributed by atoms with E-state index in [4.69, 9.17) is 0 Å². The lowest BCUT2D eigenvalue weighted by molar-refractivity contribution is 0.325. The van der Waals surface area contributed by atoms with Crippen LogP contribution in [-0.2, 0) is 6.54 Å². The van der Waals surface area contributed by atoms with Crippen LogP contribution in [0.4, 0.5) is 5.13 Å². The highest BCUT2D eigenvalue weighted by Gasteiger charge is 2.00. The van der Waals surface area contributed by atoms with E-state index in [1.54, 1.807) is 6.33 Å². The summed E-state index contributed by atoms with van der Waals surface area (Å²) in [6.45, 7) is 3.01. The van der Waals surface area contributed by atoms with Crippen molar-refractivity contribution in [2.75, 3.05) is 25.5 Å². The Morgan fingerprint density at radius 3 is 2.83 bits per heavy atom. The summed E-state index contributed by atoms with van der Waals surface area (Å²) in [5.41, 5.74) is 1.36. The fourth-order valence-electron chi connectivity index (χ4n) is 1.77. The van der Waals surface area contributed by atoms with Crippen molar-refractivity contribution in [2.24, 2.45) is 0 Å². The van der Waals surface area contributed by atoms with E-state index in [2.05, 4.69) is 57.0 Å². The van der Waals surface area contributed by atoms with Crippen LogP contribution in [0.25, 0.3) is 0 Å². The molecule has 4 nitrogen and oxygen atoms in total. The summed E-state index contributed by atoms with van der Waals surface area (Å²) in [7, 11) is 2.15. The molecule has 0 atom stereocenters. The summed E-state index contributed by atoms with van der Waals surface area (Å²) in [5.74, 6) is 0. The fourth-order valence-corrected chi connectivity index (χ4v) is 2.22. The van der Waals surface area contributed by atoms with Crippen molar-refractivity contribution in [3.63, 3.8) is 0 Å². The number of rotatable bonds is 7. The molecule has 0 spiro atoms. The van der Waals surface area contributed by atoms with E-state index in [1.807, 2.05) is 0 Å². The lowest BCUT2D eigenvalue weighted by Crippen LogP contribution is -2.21. The average molecular weight is 262 g/mol. The van der Waals surface area contributed by atoms with Crippen LogP contribution >= 0.6 is 11.5 Å². The van der Waals surface area contributed by atoms with Crippen LogP contribution in [0.3, 0.4) is 0 Å². The van der Waals surface area contributed by atoms with Crippen molar-refractivity contribution in [1.29, 1.82) is 0 Å². The van der Waals surface area contributed by atoms with Crippen LogP contribution < -0.4 is 5.32 Å². The second-order valence-corrected chi connectivity index (χ2v) is 5.03. The molecule has 0 amide bonds. The molecule has 96 valence electrons. The molecular weight excluding hydrogens is 244 g/mol. The molecule has 2 aromatic rings. The predicted molar refractivity (Wildman–Crippen MR) is 75.8 cm³/mol. The van der Waals surface area contributed by atoms with Crippen LogP contribution in [-0.4, -0.2) is 34.4 Å². The molecule has 0 aliphatic carbocycles. The van der Waals surface area contributed by atoms with E-state index in [0.717, 1.165) is 31.2 Å². The zero-order valence-corrected chi connectivity index (χ0v) is 11.4. The molecule has 1 N–H and O–H groups in total. The summed E-state index contributed by atoms with van der Waals surface area (Å²) in [6.07, 6.45) is 2.68. The van der Waals surface area contributed by atoms with Crippen molar-refractivity contribution >= 4 is 16.7 Å². The molecule has 0 saturated heterocycles. The Morgan fingerprint density at radius 2 is 2.11 bits per heavy atom. The minimum atomic E-state index is 0.903. The van der Waals surface area contributed by atoms with E-state index in [0.29, 0.717) is 0 Å². The molecule has 18 heavy (non-hydrogen) atoms. The SMILES string of the molecule is CN(CCCNc1ncns1)Cc1ccccc1. The average Bonchev–Trinajstić information content (AvgIpc) is 2.89. The number of hydrogen-bond donors (Lipinski definition) is 1. The minimum Gasteiger partial charge on any atom is -0.360 e. The van der Waals surface area contributed by atoms with Gasteiger partial charge in [-0.2, -0.15) is 4.37 Å². The molecule has 1 heterocycles. The zero-order chi connectivity index (χ0) is 12.6. The summed E-state index contributed by atoms with van der Waals surface area (Å²) in [5, 5.41) is 4.17. The van der Waals surface area contributed by atoms with Gasteiger partial charge in [-0.25, -0.2) is 4.98 Å². The Balaban J connectivity index is 1.62. The zero-order valence-electron chi connectivity index (χ0n) is 10.5. The smallest absolute Gasteiger partial charge is 0.202 e. The van der Waals surface area contributed by atoms with Crippen LogP contribution in [0.2, 0.25) is 0 Å².